The average molecular weight is 411 g/mol. The van der Waals surface area contributed by atoms with E-state index in [1.165, 1.54) is 4.31 Å². The number of hydrogen-bond acceptors (Lipinski definition) is 6. The third kappa shape index (κ3) is 4.95. The standard InChI is InChI=1S/C19H30N4O4S/c1-2-7-20-19(24)15-21-17-14-16(5-6-18(17)22-8-3-4-9-22)28(25,26)23-10-12-27-13-11-23/h5-6,14,21H,2-4,7-13,15H2,1H3,(H,20,24). The van der Waals surface area contributed by atoms with Crippen LogP contribution in [0.3, 0.4) is 0 Å². The Morgan fingerprint density at radius 1 is 1.14 bits per heavy atom. The van der Waals surface area contributed by atoms with Gasteiger partial charge in [-0.25, -0.2) is 8.42 Å². The largest absolute Gasteiger partial charge is 0.379 e. The van der Waals surface area contributed by atoms with Crippen LogP contribution in [0, 0.1) is 0 Å². The van der Waals surface area contributed by atoms with E-state index in [0.717, 1.165) is 38.0 Å². The molecule has 2 aliphatic heterocycles. The zero-order valence-corrected chi connectivity index (χ0v) is 17.3. The summed E-state index contributed by atoms with van der Waals surface area (Å²) >= 11 is 0. The Morgan fingerprint density at radius 3 is 2.54 bits per heavy atom. The Kier molecular flexibility index (Phi) is 7.14. The molecular weight excluding hydrogens is 380 g/mol. The summed E-state index contributed by atoms with van der Waals surface area (Å²) in [5.74, 6) is -0.101. The van der Waals surface area contributed by atoms with Crippen molar-refractivity contribution < 1.29 is 17.9 Å². The van der Waals surface area contributed by atoms with Gasteiger partial charge in [0.2, 0.25) is 15.9 Å². The summed E-state index contributed by atoms with van der Waals surface area (Å²) < 4.78 is 32.7. The molecule has 2 aliphatic rings. The Morgan fingerprint density at radius 2 is 1.86 bits per heavy atom. The quantitative estimate of drug-likeness (QED) is 0.670. The maximum atomic E-state index is 13.0. The molecule has 9 heteroatoms. The van der Waals surface area contributed by atoms with E-state index in [1.54, 1.807) is 12.1 Å². The Hall–Kier alpha value is -1.84. The molecule has 0 aromatic heterocycles. The van der Waals surface area contributed by atoms with Gasteiger partial charge in [0, 0.05) is 32.7 Å². The van der Waals surface area contributed by atoms with Crippen molar-refractivity contribution in [2.24, 2.45) is 0 Å². The number of rotatable bonds is 8. The summed E-state index contributed by atoms with van der Waals surface area (Å²) in [5, 5.41) is 5.99. The molecule has 2 heterocycles. The van der Waals surface area contributed by atoms with Crippen LogP contribution in [0.2, 0.25) is 0 Å². The highest BCUT2D eigenvalue weighted by Gasteiger charge is 2.27. The lowest BCUT2D eigenvalue weighted by Crippen LogP contribution is -2.40. The van der Waals surface area contributed by atoms with Gasteiger partial charge < -0.3 is 20.3 Å². The fourth-order valence-corrected chi connectivity index (χ4v) is 4.92. The molecular formula is C19H30N4O4S. The van der Waals surface area contributed by atoms with Crippen LogP contribution in [0.15, 0.2) is 23.1 Å². The van der Waals surface area contributed by atoms with Gasteiger partial charge in [0.15, 0.2) is 0 Å². The van der Waals surface area contributed by atoms with Gasteiger partial charge in [-0.1, -0.05) is 6.92 Å². The summed E-state index contributed by atoms with van der Waals surface area (Å²) in [7, 11) is -3.58. The molecule has 8 nitrogen and oxygen atoms in total. The van der Waals surface area contributed by atoms with Crippen LogP contribution in [0.1, 0.15) is 26.2 Å². The second-order valence-corrected chi connectivity index (χ2v) is 9.03. The second kappa shape index (κ2) is 9.58. The second-order valence-electron chi connectivity index (χ2n) is 7.09. The summed E-state index contributed by atoms with van der Waals surface area (Å²) in [6, 6.07) is 5.18. The zero-order valence-electron chi connectivity index (χ0n) is 16.4. The molecule has 1 aromatic rings. The smallest absolute Gasteiger partial charge is 0.243 e. The monoisotopic (exact) mass is 410 g/mol. The summed E-state index contributed by atoms with van der Waals surface area (Å²) in [6.07, 6.45) is 3.10. The molecule has 0 spiro atoms. The van der Waals surface area contributed by atoms with Crippen LogP contribution in [0.5, 0.6) is 0 Å². The van der Waals surface area contributed by atoms with Crippen molar-refractivity contribution in [3.05, 3.63) is 18.2 Å². The number of anilines is 2. The lowest BCUT2D eigenvalue weighted by Gasteiger charge is -2.27. The first-order valence-corrected chi connectivity index (χ1v) is 11.4. The number of carbonyl (C=O) groups excluding carboxylic acids is 1. The number of nitrogens with zero attached hydrogens (tertiary/aromatic N) is 2. The van der Waals surface area contributed by atoms with Gasteiger partial charge in [-0.2, -0.15) is 4.31 Å². The van der Waals surface area contributed by atoms with E-state index in [1.807, 2.05) is 13.0 Å². The number of morpholine rings is 1. The fraction of sp³-hybridized carbons (Fsp3) is 0.632. The molecule has 2 saturated heterocycles. The minimum Gasteiger partial charge on any atom is -0.379 e. The lowest BCUT2D eigenvalue weighted by atomic mass is 10.2. The van der Waals surface area contributed by atoms with E-state index in [9.17, 15) is 13.2 Å². The fourth-order valence-electron chi connectivity index (χ4n) is 3.49. The van der Waals surface area contributed by atoms with Gasteiger partial charge in [0.05, 0.1) is 36.0 Å². The maximum Gasteiger partial charge on any atom is 0.243 e. The van der Waals surface area contributed by atoms with Crippen LogP contribution in [0.4, 0.5) is 11.4 Å². The van der Waals surface area contributed by atoms with Gasteiger partial charge in [0.25, 0.3) is 0 Å². The van der Waals surface area contributed by atoms with Crippen molar-refractivity contribution in [3.63, 3.8) is 0 Å². The van der Waals surface area contributed by atoms with Crippen LogP contribution >= 0.6 is 0 Å². The first-order chi connectivity index (χ1) is 13.5. The zero-order chi connectivity index (χ0) is 20.0. The highest BCUT2D eigenvalue weighted by Crippen LogP contribution is 2.32. The van der Waals surface area contributed by atoms with Crippen LogP contribution in [0.25, 0.3) is 0 Å². The molecule has 0 atom stereocenters. The van der Waals surface area contributed by atoms with Gasteiger partial charge >= 0.3 is 0 Å². The minimum absolute atomic E-state index is 0.101. The first-order valence-electron chi connectivity index (χ1n) is 10.00. The first kappa shape index (κ1) is 20.9. The number of amides is 1. The van der Waals surface area contributed by atoms with E-state index in [-0.39, 0.29) is 17.3 Å². The maximum absolute atomic E-state index is 13.0. The van der Waals surface area contributed by atoms with E-state index in [2.05, 4.69) is 15.5 Å². The van der Waals surface area contributed by atoms with E-state index in [4.69, 9.17) is 4.74 Å². The molecule has 28 heavy (non-hydrogen) atoms. The Bertz CT molecular complexity index is 772. The summed E-state index contributed by atoms with van der Waals surface area (Å²) in [4.78, 5) is 14.5. The van der Waals surface area contributed by atoms with E-state index >= 15 is 0 Å². The molecule has 0 aliphatic carbocycles. The molecule has 2 fully saturated rings. The average Bonchev–Trinajstić information content (AvgIpc) is 3.25. The van der Waals surface area contributed by atoms with Crippen LogP contribution < -0.4 is 15.5 Å². The molecule has 3 rings (SSSR count). The molecule has 0 bridgehead atoms. The van der Waals surface area contributed by atoms with Crippen molar-refractivity contribution in [1.29, 1.82) is 0 Å². The molecule has 156 valence electrons. The van der Waals surface area contributed by atoms with Crippen molar-refractivity contribution in [3.8, 4) is 0 Å². The third-order valence-electron chi connectivity index (χ3n) is 5.03. The van der Waals surface area contributed by atoms with Crippen LogP contribution in [-0.4, -0.2) is 71.1 Å². The highest BCUT2D eigenvalue weighted by atomic mass is 32.2. The number of sulfonamides is 1. The van der Waals surface area contributed by atoms with Gasteiger partial charge in [-0.3, -0.25) is 4.79 Å². The number of hydrogen-bond donors (Lipinski definition) is 2. The Labute approximate surface area is 167 Å². The number of benzene rings is 1. The van der Waals surface area contributed by atoms with Crippen molar-refractivity contribution >= 4 is 27.3 Å². The normalized spacial score (nSPS) is 18.2. The molecule has 2 N–H and O–H groups in total. The van der Waals surface area contributed by atoms with Crippen molar-refractivity contribution in [2.45, 2.75) is 31.1 Å². The Balaban J connectivity index is 1.83. The molecule has 1 aromatic carbocycles. The number of ether oxygens (including phenoxy) is 1. The predicted octanol–water partition coefficient (Wildman–Crippen LogP) is 1.25. The van der Waals surface area contributed by atoms with E-state index in [0.29, 0.717) is 38.5 Å². The molecule has 0 saturated carbocycles. The number of carbonyl (C=O) groups is 1. The minimum atomic E-state index is -3.58. The van der Waals surface area contributed by atoms with Crippen molar-refractivity contribution in [2.75, 3.05) is 62.7 Å². The molecule has 1 amide bonds. The third-order valence-corrected chi connectivity index (χ3v) is 6.93. The lowest BCUT2D eigenvalue weighted by molar-refractivity contribution is -0.119. The molecule has 0 unspecified atom stereocenters. The summed E-state index contributed by atoms with van der Waals surface area (Å²) in [5.41, 5.74) is 1.63. The number of nitrogens with one attached hydrogen (secondary N) is 2. The van der Waals surface area contributed by atoms with E-state index < -0.39 is 10.0 Å². The molecule has 0 radical (unpaired) electrons. The van der Waals surface area contributed by atoms with Gasteiger partial charge in [-0.05, 0) is 37.5 Å². The topological polar surface area (TPSA) is 91.0 Å². The predicted molar refractivity (Wildman–Crippen MR) is 109 cm³/mol. The highest BCUT2D eigenvalue weighted by molar-refractivity contribution is 7.89. The SMILES string of the molecule is CCCNC(=O)CNc1cc(S(=O)(=O)N2CCOCC2)ccc1N1CCCC1. The van der Waals surface area contributed by atoms with Gasteiger partial charge in [-0.15, -0.1) is 0 Å². The summed E-state index contributed by atoms with van der Waals surface area (Å²) in [6.45, 7) is 6.16. The van der Waals surface area contributed by atoms with Crippen LogP contribution in [-0.2, 0) is 19.6 Å². The van der Waals surface area contributed by atoms with Crippen molar-refractivity contribution in [1.82, 2.24) is 9.62 Å². The van der Waals surface area contributed by atoms with Gasteiger partial charge in [0.1, 0.15) is 0 Å².